The first-order valence-corrected chi connectivity index (χ1v) is 6.09. The minimum atomic E-state index is 0.260. The van der Waals surface area contributed by atoms with E-state index in [4.69, 9.17) is 4.98 Å². The van der Waals surface area contributed by atoms with Gasteiger partial charge in [0.2, 0.25) is 0 Å². The summed E-state index contributed by atoms with van der Waals surface area (Å²) in [6.07, 6.45) is 7.23. The highest BCUT2D eigenvalue weighted by molar-refractivity contribution is 5.23. The van der Waals surface area contributed by atoms with Crippen LogP contribution in [0.15, 0.2) is 0 Å². The van der Waals surface area contributed by atoms with Crippen LogP contribution >= 0.6 is 0 Å². The van der Waals surface area contributed by atoms with Crippen LogP contribution < -0.4 is 0 Å². The van der Waals surface area contributed by atoms with Gasteiger partial charge in [-0.3, -0.25) is 0 Å². The summed E-state index contributed by atoms with van der Waals surface area (Å²) in [5.74, 6) is 1.46. The zero-order valence-corrected chi connectivity index (χ0v) is 9.08. The second kappa shape index (κ2) is 3.63. The maximum absolute atomic E-state index is 9.35. The zero-order valence-electron chi connectivity index (χ0n) is 9.08. The van der Waals surface area contributed by atoms with Crippen LogP contribution in [-0.2, 0) is 19.4 Å². The molecule has 1 aliphatic carbocycles. The smallest absolute Gasteiger partial charge is 0.114 e. The van der Waals surface area contributed by atoms with Crippen molar-refractivity contribution in [2.75, 3.05) is 6.61 Å². The third kappa shape index (κ3) is 1.41. The Labute approximate surface area is 90.1 Å². The van der Waals surface area contributed by atoms with Crippen molar-refractivity contribution in [3.8, 4) is 0 Å². The third-order valence-corrected chi connectivity index (χ3v) is 3.78. The average molecular weight is 206 g/mol. The summed E-state index contributed by atoms with van der Waals surface area (Å²) in [4.78, 5) is 4.75. The monoisotopic (exact) mass is 206 g/mol. The van der Waals surface area contributed by atoms with Gasteiger partial charge in [0.1, 0.15) is 5.82 Å². The Bertz CT molecular complexity index is 370. The van der Waals surface area contributed by atoms with Crippen molar-refractivity contribution in [1.29, 1.82) is 0 Å². The molecule has 0 unspecified atom stereocenters. The molecular weight excluding hydrogens is 188 g/mol. The number of fused-ring (bicyclic) bond motifs is 3. The Morgan fingerprint density at radius 2 is 2.13 bits per heavy atom. The summed E-state index contributed by atoms with van der Waals surface area (Å²) in [5, 5.41) is 9.35. The van der Waals surface area contributed by atoms with E-state index < -0.39 is 0 Å². The van der Waals surface area contributed by atoms with Gasteiger partial charge in [-0.25, -0.2) is 4.98 Å². The number of imidazole rings is 1. The summed E-state index contributed by atoms with van der Waals surface area (Å²) < 4.78 is 2.39. The molecule has 0 spiro atoms. The SMILES string of the molecule is OC[C@@H]1CCCn2c1nc1c2CCCC1. The minimum absolute atomic E-state index is 0.260. The Hall–Kier alpha value is -0.830. The topological polar surface area (TPSA) is 38.0 Å². The molecule has 82 valence electrons. The van der Waals surface area contributed by atoms with Crippen LogP contribution in [0.4, 0.5) is 0 Å². The molecule has 15 heavy (non-hydrogen) atoms. The Morgan fingerprint density at radius 1 is 1.27 bits per heavy atom. The maximum Gasteiger partial charge on any atom is 0.114 e. The van der Waals surface area contributed by atoms with Crippen molar-refractivity contribution in [3.05, 3.63) is 17.2 Å². The molecule has 0 saturated heterocycles. The molecule has 3 heteroatoms. The lowest BCUT2D eigenvalue weighted by Gasteiger charge is -2.23. The summed E-state index contributed by atoms with van der Waals surface area (Å²) in [5.41, 5.74) is 2.78. The molecule has 0 amide bonds. The van der Waals surface area contributed by atoms with E-state index in [1.165, 1.54) is 37.1 Å². The maximum atomic E-state index is 9.35. The van der Waals surface area contributed by atoms with Crippen LogP contribution in [0.5, 0.6) is 0 Å². The van der Waals surface area contributed by atoms with E-state index in [0.29, 0.717) is 5.92 Å². The van der Waals surface area contributed by atoms with E-state index in [1.807, 2.05) is 0 Å². The summed E-state index contributed by atoms with van der Waals surface area (Å²) >= 11 is 0. The lowest BCUT2D eigenvalue weighted by atomic mass is 9.99. The molecule has 1 atom stereocenters. The van der Waals surface area contributed by atoms with Gasteiger partial charge in [-0.05, 0) is 38.5 Å². The van der Waals surface area contributed by atoms with Gasteiger partial charge in [0, 0.05) is 18.2 Å². The molecule has 1 aromatic heterocycles. The number of aryl methyl sites for hydroxylation is 1. The molecule has 0 saturated carbocycles. The van der Waals surface area contributed by atoms with Crippen molar-refractivity contribution < 1.29 is 5.11 Å². The van der Waals surface area contributed by atoms with E-state index >= 15 is 0 Å². The normalized spacial score (nSPS) is 24.7. The molecule has 0 aromatic carbocycles. The molecule has 2 aliphatic rings. The van der Waals surface area contributed by atoms with Crippen LogP contribution in [0.2, 0.25) is 0 Å². The number of hydrogen-bond donors (Lipinski definition) is 1. The van der Waals surface area contributed by atoms with E-state index in [-0.39, 0.29) is 6.61 Å². The molecule has 0 radical (unpaired) electrons. The Morgan fingerprint density at radius 3 is 3.00 bits per heavy atom. The molecule has 2 heterocycles. The van der Waals surface area contributed by atoms with Crippen LogP contribution in [0.1, 0.15) is 48.8 Å². The van der Waals surface area contributed by atoms with Crippen LogP contribution in [0, 0.1) is 0 Å². The highest BCUT2D eigenvalue weighted by Gasteiger charge is 2.27. The molecule has 0 fully saturated rings. The fourth-order valence-electron chi connectivity index (χ4n) is 2.98. The Balaban J connectivity index is 2.06. The number of aromatic nitrogens is 2. The summed E-state index contributed by atoms with van der Waals surface area (Å²) in [7, 11) is 0. The van der Waals surface area contributed by atoms with Crippen LogP contribution in [0.3, 0.4) is 0 Å². The standard InChI is InChI=1S/C12H18N2O/c15-8-9-4-3-7-14-11-6-2-1-5-10(11)13-12(9)14/h9,15H,1-8H2/t9-/m0/s1. The zero-order chi connectivity index (χ0) is 10.3. The van der Waals surface area contributed by atoms with Crippen molar-refractivity contribution >= 4 is 0 Å². The molecule has 3 nitrogen and oxygen atoms in total. The van der Waals surface area contributed by atoms with Gasteiger partial charge in [-0.15, -0.1) is 0 Å². The number of aliphatic hydroxyl groups excluding tert-OH is 1. The van der Waals surface area contributed by atoms with E-state index in [2.05, 4.69) is 4.57 Å². The van der Waals surface area contributed by atoms with Crippen LogP contribution in [0.25, 0.3) is 0 Å². The van der Waals surface area contributed by atoms with Gasteiger partial charge < -0.3 is 9.67 Å². The third-order valence-electron chi connectivity index (χ3n) is 3.78. The van der Waals surface area contributed by atoms with E-state index in [1.54, 1.807) is 0 Å². The quantitative estimate of drug-likeness (QED) is 0.758. The molecular formula is C12H18N2O. The van der Waals surface area contributed by atoms with Crippen LogP contribution in [-0.4, -0.2) is 21.3 Å². The number of aliphatic hydroxyl groups is 1. The molecule has 1 aromatic rings. The predicted octanol–water partition coefficient (Wildman–Crippen LogP) is 1.63. The molecule has 1 N–H and O–H groups in total. The van der Waals surface area contributed by atoms with Crippen molar-refractivity contribution in [2.24, 2.45) is 0 Å². The Kier molecular flexibility index (Phi) is 2.28. The molecule has 1 aliphatic heterocycles. The van der Waals surface area contributed by atoms with Crippen molar-refractivity contribution in [3.63, 3.8) is 0 Å². The summed E-state index contributed by atoms with van der Waals surface area (Å²) in [6, 6.07) is 0. The highest BCUT2D eigenvalue weighted by atomic mass is 16.3. The second-order valence-corrected chi connectivity index (χ2v) is 4.74. The van der Waals surface area contributed by atoms with E-state index in [0.717, 1.165) is 25.2 Å². The fraction of sp³-hybridized carbons (Fsp3) is 0.750. The number of nitrogens with zero attached hydrogens (tertiary/aromatic N) is 2. The first kappa shape index (κ1) is 9.40. The first-order valence-electron chi connectivity index (χ1n) is 6.09. The van der Waals surface area contributed by atoms with E-state index in [9.17, 15) is 5.11 Å². The van der Waals surface area contributed by atoms with Gasteiger partial charge in [-0.1, -0.05) is 0 Å². The predicted molar refractivity (Wildman–Crippen MR) is 57.9 cm³/mol. The first-order chi connectivity index (χ1) is 7.40. The molecule has 3 rings (SSSR count). The van der Waals surface area contributed by atoms with Gasteiger partial charge in [0.15, 0.2) is 0 Å². The second-order valence-electron chi connectivity index (χ2n) is 4.74. The van der Waals surface area contributed by atoms with Crippen molar-refractivity contribution in [1.82, 2.24) is 9.55 Å². The largest absolute Gasteiger partial charge is 0.396 e. The minimum Gasteiger partial charge on any atom is -0.396 e. The number of rotatable bonds is 1. The van der Waals surface area contributed by atoms with Crippen molar-refractivity contribution in [2.45, 2.75) is 51.0 Å². The lowest BCUT2D eigenvalue weighted by Crippen LogP contribution is -2.20. The van der Waals surface area contributed by atoms with Gasteiger partial charge in [-0.2, -0.15) is 0 Å². The highest BCUT2D eigenvalue weighted by Crippen LogP contribution is 2.31. The molecule has 0 bridgehead atoms. The summed E-state index contributed by atoms with van der Waals surface area (Å²) in [6.45, 7) is 1.38. The average Bonchev–Trinajstić information content (AvgIpc) is 2.67. The fourth-order valence-corrected chi connectivity index (χ4v) is 2.98. The van der Waals surface area contributed by atoms with Gasteiger partial charge >= 0.3 is 0 Å². The number of hydrogen-bond acceptors (Lipinski definition) is 2. The lowest BCUT2D eigenvalue weighted by molar-refractivity contribution is 0.237. The van der Waals surface area contributed by atoms with Gasteiger partial charge in [0.05, 0.1) is 12.3 Å². The van der Waals surface area contributed by atoms with Gasteiger partial charge in [0.25, 0.3) is 0 Å².